The summed E-state index contributed by atoms with van der Waals surface area (Å²) in [6.45, 7) is 10.0. The van der Waals surface area contributed by atoms with Crippen LogP contribution < -0.4 is 4.72 Å². The minimum atomic E-state index is -3.91. The molecule has 0 amide bonds. The number of cyclic esters (lactones) is 1. The molecule has 0 radical (unpaired) electrons. The first-order chi connectivity index (χ1) is 18.8. The van der Waals surface area contributed by atoms with E-state index in [1.54, 1.807) is 29.8 Å². The van der Waals surface area contributed by atoms with Crippen LogP contribution in [0, 0.1) is 5.41 Å². The van der Waals surface area contributed by atoms with Gasteiger partial charge < -0.3 is 14.4 Å². The van der Waals surface area contributed by atoms with Gasteiger partial charge >= 0.3 is 5.97 Å². The predicted molar refractivity (Wildman–Crippen MR) is 155 cm³/mol. The highest BCUT2D eigenvalue weighted by Gasteiger charge is 2.47. The van der Waals surface area contributed by atoms with E-state index in [0.717, 1.165) is 24.0 Å². The van der Waals surface area contributed by atoms with Crippen LogP contribution in [0.4, 0.5) is 5.69 Å². The number of imidazole rings is 1. The first-order valence-electron chi connectivity index (χ1n) is 13.7. The number of hydrogen-bond acceptors (Lipinski definition) is 6. The summed E-state index contributed by atoms with van der Waals surface area (Å²) in [5.74, 6) is -1.10. The normalized spacial score (nSPS) is 18.9. The number of sulfonamides is 1. The van der Waals surface area contributed by atoms with Gasteiger partial charge in [0.2, 0.25) is 0 Å². The van der Waals surface area contributed by atoms with Crippen LogP contribution in [0.3, 0.4) is 0 Å². The van der Waals surface area contributed by atoms with Crippen molar-refractivity contribution < 1.29 is 23.1 Å². The average Bonchev–Trinajstić information content (AvgIpc) is 3.33. The van der Waals surface area contributed by atoms with Crippen LogP contribution in [-0.2, 0) is 38.6 Å². The van der Waals surface area contributed by atoms with Crippen molar-refractivity contribution in [3.8, 4) is 0 Å². The molecule has 0 aliphatic carbocycles. The number of esters is 1. The van der Waals surface area contributed by atoms with Crippen LogP contribution in [-0.4, -0.2) is 29.0 Å². The lowest BCUT2D eigenvalue weighted by Crippen LogP contribution is -2.41. The molecule has 0 saturated heterocycles. The Hall–Kier alpha value is -3.59. The van der Waals surface area contributed by atoms with Gasteiger partial charge in [-0.3, -0.25) is 4.72 Å². The number of aryl methyl sites for hydroxylation is 2. The Balaban J connectivity index is 1.76. The molecule has 0 saturated carbocycles. The molecule has 0 unspecified atom stereocenters. The maximum absolute atomic E-state index is 13.9. The van der Waals surface area contributed by atoms with Gasteiger partial charge in [0.05, 0.1) is 11.9 Å². The van der Waals surface area contributed by atoms with Gasteiger partial charge in [-0.1, -0.05) is 77.4 Å². The van der Waals surface area contributed by atoms with Crippen LogP contribution >= 0.6 is 0 Å². The Bertz CT molecular complexity index is 1530. The lowest BCUT2D eigenvalue weighted by atomic mass is 9.69. The summed E-state index contributed by atoms with van der Waals surface area (Å²) in [7, 11) is -2.22. The Morgan fingerprint density at radius 2 is 1.88 bits per heavy atom. The van der Waals surface area contributed by atoms with E-state index in [9.17, 15) is 18.3 Å². The van der Waals surface area contributed by atoms with Crippen molar-refractivity contribution in [3.63, 3.8) is 0 Å². The Morgan fingerprint density at radius 1 is 1.15 bits per heavy atom. The molecule has 2 atom stereocenters. The Labute approximate surface area is 237 Å². The molecule has 2 N–H and O–H groups in total. The van der Waals surface area contributed by atoms with Crippen molar-refractivity contribution in [2.45, 2.75) is 76.8 Å². The van der Waals surface area contributed by atoms with E-state index < -0.39 is 32.9 Å². The smallest absolute Gasteiger partial charge is 0.338 e. The number of aromatic nitrogens is 2. The zero-order chi connectivity index (χ0) is 29.3. The number of anilines is 1. The summed E-state index contributed by atoms with van der Waals surface area (Å²) in [5.41, 5.74) is 1.78. The fourth-order valence-electron chi connectivity index (χ4n) is 5.75. The summed E-state index contributed by atoms with van der Waals surface area (Å²) in [6, 6.07) is 14.8. The SMILES string of the molecule is CCC[C@@]1(c2ccccc2CC)CC(O)=C([C@@H](c2cccc(NS(=O)(=O)c3cn(C)cn3)c2)C(C)(C)C)C(=O)O1. The largest absolute Gasteiger partial charge is 0.512 e. The van der Waals surface area contributed by atoms with E-state index in [4.69, 9.17) is 4.74 Å². The van der Waals surface area contributed by atoms with Gasteiger partial charge in [-0.2, -0.15) is 8.42 Å². The molecule has 9 heteroatoms. The van der Waals surface area contributed by atoms with Gasteiger partial charge in [0, 0.05) is 31.3 Å². The van der Waals surface area contributed by atoms with Crippen LogP contribution in [0.1, 0.15) is 76.5 Å². The molecule has 4 rings (SSSR count). The molecule has 214 valence electrons. The third-order valence-electron chi connectivity index (χ3n) is 7.40. The quantitative estimate of drug-likeness (QED) is 0.292. The van der Waals surface area contributed by atoms with Crippen molar-refractivity contribution in [1.82, 2.24) is 9.55 Å². The van der Waals surface area contributed by atoms with Crippen molar-refractivity contribution in [1.29, 1.82) is 0 Å². The third kappa shape index (κ3) is 5.80. The monoisotopic (exact) mass is 565 g/mol. The van der Waals surface area contributed by atoms with E-state index in [2.05, 4.69) is 16.6 Å². The minimum absolute atomic E-state index is 0.00926. The zero-order valence-electron chi connectivity index (χ0n) is 24.1. The van der Waals surface area contributed by atoms with Gasteiger partial charge in [0.25, 0.3) is 10.0 Å². The first-order valence-corrected chi connectivity index (χ1v) is 15.1. The zero-order valence-corrected chi connectivity index (χ0v) is 24.9. The second-order valence-electron chi connectivity index (χ2n) is 11.6. The summed E-state index contributed by atoms with van der Waals surface area (Å²) >= 11 is 0. The number of rotatable bonds is 9. The second-order valence-corrected chi connectivity index (χ2v) is 13.2. The average molecular weight is 566 g/mol. The fourth-order valence-corrected chi connectivity index (χ4v) is 6.79. The second kappa shape index (κ2) is 11.1. The highest BCUT2D eigenvalue weighted by Crippen LogP contribution is 2.49. The molecule has 0 spiro atoms. The summed E-state index contributed by atoms with van der Waals surface area (Å²) in [4.78, 5) is 17.8. The molecule has 0 fully saturated rings. The van der Waals surface area contributed by atoms with Gasteiger partial charge in [-0.05, 0) is 47.1 Å². The molecule has 1 aliphatic rings. The van der Waals surface area contributed by atoms with E-state index in [1.165, 1.54) is 12.5 Å². The van der Waals surface area contributed by atoms with Crippen molar-refractivity contribution in [2.24, 2.45) is 12.5 Å². The fraction of sp³-hybridized carbons (Fsp3) is 0.419. The molecule has 2 heterocycles. The number of hydrogen-bond donors (Lipinski definition) is 2. The van der Waals surface area contributed by atoms with E-state index >= 15 is 0 Å². The highest BCUT2D eigenvalue weighted by molar-refractivity contribution is 7.92. The van der Waals surface area contributed by atoms with E-state index in [1.807, 2.05) is 58.0 Å². The van der Waals surface area contributed by atoms with Crippen LogP contribution in [0.25, 0.3) is 0 Å². The molecule has 2 aromatic carbocycles. The van der Waals surface area contributed by atoms with E-state index in [-0.39, 0.29) is 22.8 Å². The third-order valence-corrected chi connectivity index (χ3v) is 8.66. The summed E-state index contributed by atoms with van der Waals surface area (Å²) in [5, 5.41) is 11.5. The van der Waals surface area contributed by atoms with Gasteiger partial charge in [-0.25, -0.2) is 9.78 Å². The lowest BCUT2D eigenvalue weighted by Gasteiger charge is -2.42. The van der Waals surface area contributed by atoms with E-state index in [0.29, 0.717) is 17.7 Å². The van der Waals surface area contributed by atoms with Crippen LogP contribution in [0.5, 0.6) is 0 Å². The Kier molecular flexibility index (Phi) is 8.17. The number of carbonyl (C=O) groups is 1. The first kappa shape index (κ1) is 29.4. The topological polar surface area (TPSA) is 111 Å². The molecule has 3 aromatic rings. The standard InChI is InChI=1S/C31H39N3O5S/c1-7-16-31(24-15-10-9-12-21(24)8-2)18-25(35)27(29(36)39-31)28(30(3,4)5)22-13-11-14-23(17-22)33-40(37,38)26-19-34(6)20-32-26/h9-15,17,19-20,28,33,35H,7-8,16,18H2,1-6H3/t28-,31+/m1/s1. The molecule has 40 heavy (non-hydrogen) atoms. The van der Waals surface area contributed by atoms with Crippen LogP contribution in [0.2, 0.25) is 0 Å². The number of carbonyl (C=O) groups excluding carboxylic acids is 1. The lowest BCUT2D eigenvalue weighted by molar-refractivity contribution is -0.162. The minimum Gasteiger partial charge on any atom is -0.512 e. The molecule has 1 aromatic heterocycles. The molecule has 8 nitrogen and oxygen atoms in total. The number of aliphatic hydroxyl groups is 1. The maximum Gasteiger partial charge on any atom is 0.338 e. The summed E-state index contributed by atoms with van der Waals surface area (Å²) < 4.78 is 36.3. The molecular weight excluding hydrogens is 526 g/mol. The Morgan fingerprint density at radius 3 is 2.48 bits per heavy atom. The molecular formula is C31H39N3O5S. The van der Waals surface area contributed by atoms with Crippen LogP contribution in [0.15, 0.2) is 77.4 Å². The summed E-state index contributed by atoms with van der Waals surface area (Å²) in [6.07, 6.45) is 5.15. The maximum atomic E-state index is 13.9. The number of benzene rings is 2. The van der Waals surface area contributed by atoms with Gasteiger partial charge in [0.1, 0.15) is 11.4 Å². The van der Waals surface area contributed by atoms with Gasteiger partial charge in [-0.15, -0.1) is 0 Å². The number of aliphatic hydroxyl groups excluding tert-OH is 1. The van der Waals surface area contributed by atoms with Crippen molar-refractivity contribution >= 4 is 21.7 Å². The highest BCUT2D eigenvalue weighted by atomic mass is 32.2. The van der Waals surface area contributed by atoms with Gasteiger partial charge in [0.15, 0.2) is 5.03 Å². The number of nitrogens with zero attached hydrogens (tertiary/aromatic N) is 2. The molecule has 1 aliphatic heterocycles. The number of nitrogens with one attached hydrogen (secondary N) is 1. The van der Waals surface area contributed by atoms with Crippen molar-refractivity contribution in [2.75, 3.05) is 4.72 Å². The van der Waals surface area contributed by atoms with Crippen molar-refractivity contribution in [3.05, 3.63) is 89.1 Å². The predicted octanol–water partition coefficient (Wildman–Crippen LogP) is 6.37. The molecule has 0 bridgehead atoms. The number of ether oxygens (including phenoxy) is 1.